The Bertz CT molecular complexity index is 1410. The summed E-state index contributed by atoms with van der Waals surface area (Å²) in [4.78, 5) is 13.6. The zero-order chi connectivity index (χ0) is 26.5. The molecule has 0 saturated carbocycles. The van der Waals surface area contributed by atoms with Crippen LogP contribution in [0.15, 0.2) is 76.2 Å². The lowest BCUT2D eigenvalue weighted by Gasteiger charge is -2.09. The summed E-state index contributed by atoms with van der Waals surface area (Å²) in [5.41, 5.74) is 8.19. The number of para-hydroxylation sites is 1. The first kappa shape index (κ1) is 26.2. The Labute approximate surface area is 218 Å². The Morgan fingerprint density at radius 1 is 1.08 bits per heavy atom. The zero-order valence-electron chi connectivity index (χ0n) is 21.0. The normalized spacial score (nSPS) is 14.7. The van der Waals surface area contributed by atoms with Gasteiger partial charge in [0.2, 0.25) is 5.91 Å². The van der Waals surface area contributed by atoms with Crippen LogP contribution in [0.25, 0.3) is 17.2 Å². The number of carbonyl (C=O) groups excluding carboxylic acids is 1. The van der Waals surface area contributed by atoms with Crippen LogP contribution in [0.4, 0.5) is 4.39 Å². The van der Waals surface area contributed by atoms with Gasteiger partial charge in [0, 0.05) is 5.56 Å². The summed E-state index contributed by atoms with van der Waals surface area (Å²) in [5, 5.41) is 4.08. The van der Waals surface area contributed by atoms with Crippen molar-refractivity contribution in [2.45, 2.75) is 18.2 Å². The molecule has 1 aliphatic rings. The summed E-state index contributed by atoms with van der Waals surface area (Å²) in [5.74, 6) is 0.358. The molecule has 0 fully saturated rings. The molecule has 0 bridgehead atoms. The molecule has 0 radical (unpaired) electrons. The number of methoxy groups -OCH3 is 2. The van der Waals surface area contributed by atoms with E-state index in [1.54, 1.807) is 37.6 Å². The number of nitrogens with one attached hydrogen (secondary N) is 1. The SMILES string of the molecule is COc1cccc(C=NNC(=O)CC2=C(C)/C(=C/c3ccc([S+](C)[O-])cc3)c3ccc(F)cc32)c1OC. The Morgan fingerprint density at radius 2 is 1.84 bits per heavy atom. The number of nitrogens with zero attached hydrogens (tertiary/aromatic N) is 1. The maximum absolute atomic E-state index is 14.2. The molecule has 0 aliphatic heterocycles. The molecule has 1 N–H and O–H groups in total. The van der Waals surface area contributed by atoms with E-state index < -0.39 is 11.2 Å². The number of halogens is 1. The number of ether oxygens (including phenoxy) is 2. The van der Waals surface area contributed by atoms with Gasteiger partial charge in [0.25, 0.3) is 0 Å². The van der Waals surface area contributed by atoms with Crippen LogP contribution >= 0.6 is 0 Å². The Hall–Kier alpha value is -3.88. The molecule has 0 heterocycles. The largest absolute Gasteiger partial charge is 0.612 e. The van der Waals surface area contributed by atoms with Crippen molar-refractivity contribution in [1.29, 1.82) is 0 Å². The van der Waals surface area contributed by atoms with Crippen molar-refractivity contribution < 1.29 is 23.2 Å². The van der Waals surface area contributed by atoms with E-state index in [0.29, 0.717) is 22.6 Å². The number of benzene rings is 3. The smallest absolute Gasteiger partial charge is 0.244 e. The highest BCUT2D eigenvalue weighted by Gasteiger charge is 2.25. The second kappa shape index (κ2) is 11.5. The van der Waals surface area contributed by atoms with Gasteiger partial charge in [-0.05, 0) is 106 Å². The fourth-order valence-electron chi connectivity index (χ4n) is 4.29. The van der Waals surface area contributed by atoms with Crippen molar-refractivity contribution in [3.05, 3.63) is 94.3 Å². The number of carbonyl (C=O) groups is 1. The third-order valence-electron chi connectivity index (χ3n) is 6.14. The third-order valence-corrected chi connectivity index (χ3v) is 7.08. The van der Waals surface area contributed by atoms with Gasteiger partial charge in [-0.3, -0.25) is 4.79 Å². The summed E-state index contributed by atoms with van der Waals surface area (Å²) in [6.07, 6.45) is 5.14. The highest BCUT2D eigenvalue weighted by molar-refractivity contribution is 7.90. The second-order valence-electron chi connectivity index (χ2n) is 8.43. The van der Waals surface area contributed by atoms with E-state index >= 15 is 0 Å². The molecule has 8 heteroatoms. The van der Waals surface area contributed by atoms with E-state index in [4.69, 9.17) is 9.47 Å². The summed E-state index contributed by atoms with van der Waals surface area (Å²) in [6, 6.07) is 17.4. The molecule has 3 aromatic carbocycles. The Kier molecular flexibility index (Phi) is 8.11. The number of rotatable bonds is 8. The molecule has 6 nitrogen and oxygen atoms in total. The highest BCUT2D eigenvalue weighted by atomic mass is 32.2. The average molecular weight is 519 g/mol. The lowest BCUT2D eigenvalue weighted by atomic mass is 10.0. The maximum atomic E-state index is 14.2. The van der Waals surface area contributed by atoms with Gasteiger partial charge in [-0.1, -0.05) is 12.1 Å². The van der Waals surface area contributed by atoms with Crippen LogP contribution < -0.4 is 14.9 Å². The first-order valence-corrected chi connectivity index (χ1v) is 13.1. The van der Waals surface area contributed by atoms with Crippen LogP contribution in [0.2, 0.25) is 0 Å². The minimum absolute atomic E-state index is 0.0277. The molecule has 1 atom stereocenters. The van der Waals surface area contributed by atoms with Crippen LogP contribution in [-0.4, -0.2) is 37.1 Å². The third kappa shape index (κ3) is 5.76. The van der Waals surface area contributed by atoms with Gasteiger partial charge in [-0.15, -0.1) is 0 Å². The van der Waals surface area contributed by atoms with Crippen LogP contribution in [0, 0.1) is 5.82 Å². The lowest BCUT2D eigenvalue weighted by Crippen LogP contribution is -2.17. The fraction of sp³-hybridized carbons (Fsp3) is 0.172. The molecular weight excluding hydrogens is 491 g/mol. The van der Waals surface area contributed by atoms with Gasteiger partial charge in [0.15, 0.2) is 16.4 Å². The van der Waals surface area contributed by atoms with Gasteiger partial charge < -0.3 is 14.0 Å². The maximum Gasteiger partial charge on any atom is 0.244 e. The van der Waals surface area contributed by atoms with E-state index in [9.17, 15) is 13.7 Å². The van der Waals surface area contributed by atoms with Crippen LogP contribution in [-0.2, 0) is 16.0 Å². The fourth-order valence-corrected chi connectivity index (χ4v) is 4.81. The Morgan fingerprint density at radius 3 is 2.51 bits per heavy atom. The van der Waals surface area contributed by atoms with Crippen LogP contribution in [0.1, 0.15) is 35.6 Å². The van der Waals surface area contributed by atoms with Crippen molar-refractivity contribution in [3.63, 3.8) is 0 Å². The lowest BCUT2D eigenvalue weighted by molar-refractivity contribution is -0.120. The summed E-state index contributed by atoms with van der Waals surface area (Å²) < 4.78 is 36.6. The van der Waals surface area contributed by atoms with Gasteiger partial charge in [-0.2, -0.15) is 5.10 Å². The average Bonchev–Trinajstić information content (AvgIpc) is 3.13. The van der Waals surface area contributed by atoms with Crippen molar-refractivity contribution in [2.24, 2.45) is 5.10 Å². The number of allylic oxidation sites excluding steroid dienone is 2. The molecule has 4 rings (SSSR count). The standard InChI is InChI=1S/C29H27FN2O4S/c1-18-24(14-19-8-11-22(12-9-19)37(4)34)23-13-10-21(30)15-26(23)25(18)16-28(33)32-31-17-20-6-5-7-27(35-2)29(20)36-3/h5-15,17H,16H2,1-4H3,(H,32,33)/b24-14-,31-17?. The number of hydrazone groups is 1. The molecule has 1 amide bonds. The minimum Gasteiger partial charge on any atom is -0.612 e. The van der Waals surface area contributed by atoms with Crippen molar-refractivity contribution in [1.82, 2.24) is 5.43 Å². The van der Waals surface area contributed by atoms with E-state index in [1.165, 1.54) is 25.5 Å². The van der Waals surface area contributed by atoms with Crippen molar-refractivity contribution in [2.75, 3.05) is 20.5 Å². The molecule has 1 unspecified atom stereocenters. The molecule has 1 aliphatic carbocycles. The van der Waals surface area contributed by atoms with Crippen LogP contribution in [0.5, 0.6) is 11.5 Å². The first-order valence-electron chi connectivity index (χ1n) is 11.5. The molecule has 190 valence electrons. The summed E-state index contributed by atoms with van der Waals surface area (Å²) in [7, 11) is 3.08. The summed E-state index contributed by atoms with van der Waals surface area (Å²) >= 11 is -1.06. The highest BCUT2D eigenvalue weighted by Crippen LogP contribution is 2.43. The molecule has 0 spiro atoms. The quantitative estimate of drug-likeness (QED) is 0.244. The minimum atomic E-state index is -1.06. The molecule has 0 aromatic heterocycles. The number of fused-ring (bicyclic) bond motifs is 1. The van der Waals surface area contributed by atoms with Gasteiger partial charge >= 0.3 is 0 Å². The van der Waals surface area contributed by atoms with Gasteiger partial charge in [0.05, 0.1) is 26.9 Å². The topological polar surface area (TPSA) is 83.0 Å². The van der Waals surface area contributed by atoms with Crippen molar-refractivity contribution >= 4 is 40.5 Å². The second-order valence-corrected chi connectivity index (χ2v) is 9.81. The first-order chi connectivity index (χ1) is 17.8. The molecule has 0 saturated heterocycles. The van der Waals surface area contributed by atoms with E-state index in [0.717, 1.165) is 32.7 Å². The molecule has 37 heavy (non-hydrogen) atoms. The summed E-state index contributed by atoms with van der Waals surface area (Å²) in [6.45, 7) is 1.92. The Balaban J connectivity index is 1.58. The van der Waals surface area contributed by atoms with Crippen LogP contribution in [0.3, 0.4) is 0 Å². The van der Waals surface area contributed by atoms with E-state index in [-0.39, 0.29) is 18.1 Å². The zero-order valence-corrected chi connectivity index (χ0v) is 21.8. The molecular formula is C29H27FN2O4S. The van der Waals surface area contributed by atoms with E-state index in [2.05, 4.69) is 10.5 Å². The number of hydrogen-bond donors (Lipinski definition) is 1. The monoisotopic (exact) mass is 518 g/mol. The van der Waals surface area contributed by atoms with Crippen molar-refractivity contribution in [3.8, 4) is 11.5 Å². The molecule has 3 aromatic rings. The predicted molar refractivity (Wildman–Crippen MR) is 146 cm³/mol. The number of amides is 1. The van der Waals surface area contributed by atoms with E-state index in [1.807, 2.05) is 37.3 Å². The van der Waals surface area contributed by atoms with Gasteiger partial charge in [0.1, 0.15) is 12.1 Å². The number of hydrogen-bond acceptors (Lipinski definition) is 5. The van der Waals surface area contributed by atoms with Gasteiger partial charge in [-0.25, -0.2) is 9.82 Å². The predicted octanol–water partition coefficient (Wildman–Crippen LogP) is 5.45.